The first-order valence-electron chi connectivity index (χ1n) is 10.3. The van der Waals surface area contributed by atoms with Crippen LogP contribution >= 0.6 is 22.9 Å². The molecule has 0 aliphatic rings. The topological polar surface area (TPSA) is 92.3 Å². The van der Waals surface area contributed by atoms with Crippen LogP contribution in [0.2, 0.25) is 5.02 Å². The van der Waals surface area contributed by atoms with Crippen LogP contribution in [0.5, 0.6) is 0 Å². The molecule has 0 fully saturated rings. The second-order valence-electron chi connectivity index (χ2n) is 7.64. The van der Waals surface area contributed by atoms with Crippen LogP contribution in [-0.4, -0.2) is 31.1 Å². The zero-order valence-corrected chi connectivity index (χ0v) is 20.8. The Bertz CT molecular complexity index is 1400. The van der Waals surface area contributed by atoms with E-state index in [9.17, 15) is 13.2 Å². The third-order valence-electron chi connectivity index (χ3n) is 4.88. The molecule has 0 bridgehead atoms. The molecule has 4 rings (SSSR count). The van der Waals surface area contributed by atoms with Crippen LogP contribution in [0.4, 0.5) is 10.8 Å². The zero-order chi connectivity index (χ0) is 24.3. The number of anilines is 2. The minimum atomic E-state index is -3.99. The van der Waals surface area contributed by atoms with Gasteiger partial charge in [0.15, 0.2) is 0 Å². The normalized spacial score (nSPS) is 11.3. The Hall–Kier alpha value is -3.27. The maximum atomic E-state index is 13.5. The first-order chi connectivity index (χ1) is 16.2. The lowest BCUT2D eigenvalue weighted by molar-refractivity contribution is -0.114. The Morgan fingerprint density at radius 1 is 0.971 bits per heavy atom. The number of rotatable bonds is 7. The van der Waals surface area contributed by atoms with E-state index in [0.29, 0.717) is 15.7 Å². The maximum absolute atomic E-state index is 13.5. The molecule has 4 aromatic rings. The summed E-state index contributed by atoms with van der Waals surface area (Å²) in [6.07, 6.45) is 0. The van der Waals surface area contributed by atoms with Crippen molar-refractivity contribution in [2.45, 2.75) is 18.7 Å². The van der Waals surface area contributed by atoms with Gasteiger partial charge < -0.3 is 0 Å². The number of nitrogens with zero attached hydrogens (tertiary/aromatic N) is 3. The van der Waals surface area contributed by atoms with Gasteiger partial charge in [-0.05, 0) is 61.4 Å². The Balaban J connectivity index is 1.60. The number of aryl methyl sites for hydroxylation is 2. The van der Waals surface area contributed by atoms with Crippen LogP contribution in [0.3, 0.4) is 0 Å². The third kappa shape index (κ3) is 5.44. The van der Waals surface area contributed by atoms with Crippen LogP contribution in [0, 0.1) is 13.8 Å². The van der Waals surface area contributed by atoms with Gasteiger partial charge in [-0.3, -0.25) is 14.4 Å². The van der Waals surface area contributed by atoms with Gasteiger partial charge in [0.2, 0.25) is 11.0 Å². The van der Waals surface area contributed by atoms with E-state index in [2.05, 4.69) is 15.5 Å². The molecular weight excluding hydrogens is 492 g/mol. The van der Waals surface area contributed by atoms with E-state index in [1.54, 1.807) is 42.5 Å². The summed E-state index contributed by atoms with van der Waals surface area (Å²) >= 11 is 7.12. The highest BCUT2D eigenvalue weighted by Crippen LogP contribution is 2.28. The van der Waals surface area contributed by atoms with Gasteiger partial charge in [0.05, 0.1) is 10.6 Å². The first-order valence-corrected chi connectivity index (χ1v) is 12.9. The molecule has 174 valence electrons. The molecule has 0 radical (unpaired) electrons. The average Bonchev–Trinajstić information content (AvgIpc) is 3.26. The van der Waals surface area contributed by atoms with E-state index < -0.39 is 22.5 Å². The van der Waals surface area contributed by atoms with Crippen molar-refractivity contribution in [1.29, 1.82) is 0 Å². The lowest BCUT2D eigenvalue weighted by Crippen LogP contribution is -2.38. The standard InChI is InChI=1S/C24H21ClN4O3S2/c1-16-12-17(2)14-20(13-16)29(34(31,32)21-6-4-3-5-7-21)15-22(30)26-24-28-27-23(33-24)18-8-10-19(25)11-9-18/h3-14H,15H2,1-2H3,(H,26,28,30). The van der Waals surface area contributed by atoms with Gasteiger partial charge >= 0.3 is 0 Å². The predicted molar refractivity (Wildman–Crippen MR) is 136 cm³/mol. The third-order valence-corrected chi connectivity index (χ3v) is 7.80. The molecule has 0 saturated carbocycles. The lowest BCUT2D eigenvalue weighted by Gasteiger charge is -2.24. The molecule has 0 unspecified atom stereocenters. The molecule has 1 heterocycles. The number of amides is 1. The number of nitrogens with one attached hydrogen (secondary N) is 1. The van der Waals surface area contributed by atoms with Gasteiger partial charge in [-0.25, -0.2) is 8.42 Å². The van der Waals surface area contributed by atoms with Crippen molar-refractivity contribution >= 4 is 49.7 Å². The molecule has 7 nitrogen and oxygen atoms in total. The van der Waals surface area contributed by atoms with E-state index in [4.69, 9.17) is 11.6 Å². The smallest absolute Gasteiger partial charge is 0.264 e. The fourth-order valence-corrected chi connectivity index (χ4v) is 5.72. The molecule has 3 aromatic carbocycles. The number of halogens is 1. The highest BCUT2D eigenvalue weighted by atomic mass is 35.5. The van der Waals surface area contributed by atoms with Gasteiger partial charge in [0.25, 0.3) is 10.0 Å². The number of sulfonamides is 1. The van der Waals surface area contributed by atoms with Crippen molar-refractivity contribution in [3.63, 3.8) is 0 Å². The molecule has 0 aliphatic carbocycles. The minimum absolute atomic E-state index is 0.0999. The largest absolute Gasteiger partial charge is 0.299 e. The fraction of sp³-hybridized carbons (Fsp3) is 0.125. The van der Waals surface area contributed by atoms with E-state index >= 15 is 0 Å². The number of carbonyl (C=O) groups excluding carboxylic acids is 1. The Labute approximate surface area is 207 Å². The molecule has 0 saturated heterocycles. The molecule has 34 heavy (non-hydrogen) atoms. The van der Waals surface area contributed by atoms with E-state index in [1.807, 2.05) is 32.0 Å². The molecule has 0 atom stereocenters. The van der Waals surface area contributed by atoms with Crippen LogP contribution in [0.1, 0.15) is 11.1 Å². The summed E-state index contributed by atoms with van der Waals surface area (Å²) in [5, 5.41) is 12.3. The van der Waals surface area contributed by atoms with Crippen LogP contribution < -0.4 is 9.62 Å². The van der Waals surface area contributed by atoms with Crippen molar-refractivity contribution in [2.24, 2.45) is 0 Å². The molecule has 1 amide bonds. The van der Waals surface area contributed by atoms with Gasteiger partial charge in [0, 0.05) is 10.6 Å². The molecule has 1 N–H and O–H groups in total. The Morgan fingerprint density at radius 3 is 2.26 bits per heavy atom. The average molecular weight is 513 g/mol. The summed E-state index contributed by atoms with van der Waals surface area (Å²) in [5.41, 5.74) is 3.00. The second kappa shape index (κ2) is 9.92. The lowest BCUT2D eigenvalue weighted by atomic mass is 10.1. The van der Waals surface area contributed by atoms with Crippen molar-refractivity contribution in [3.8, 4) is 10.6 Å². The summed E-state index contributed by atoms with van der Waals surface area (Å²) in [7, 11) is -3.99. The monoisotopic (exact) mass is 512 g/mol. The van der Waals surface area contributed by atoms with Gasteiger partial charge in [-0.15, -0.1) is 10.2 Å². The van der Waals surface area contributed by atoms with Crippen LogP contribution in [0.25, 0.3) is 10.6 Å². The van der Waals surface area contributed by atoms with Gasteiger partial charge in [-0.1, -0.05) is 59.3 Å². The quantitative estimate of drug-likeness (QED) is 0.362. The molecular formula is C24H21ClN4O3S2. The van der Waals surface area contributed by atoms with E-state index in [0.717, 1.165) is 21.0 Å². The van der Waals surface area contributed by atoms with Crippen molar-refractivity contribution < 1.29 is 13.2 Å². The number of carbonyl (C=O) groups is 1. The number of hydrogen-bond acceptors (Lipinski definition) is 6. The highest BCUT2D eigenvalue weighted by Gasteiger charge is 2.28. The van der Waals surface area contributed by atoms with Crippen molar-refractivity contribution in [3.05, 3.63) is 88.9 Å². The van der Waals surface area contributed by atoms with Crippen molar-refractivity contribution in [1.82, 2.24) is 10.2 Å². The minimum Gasteiger partial charge on any atom is -0.299 e. The van der Waals surface area contributed by atoms with Crippen LogP contribution in [-0.2, 0) is 14.8 Å². The summed E-state index contributed by atoms with van der Waals surface area (Å²) in [5.74, 6) is -0.530. The summed E-state index contributed by atoms with van der Waals surface area (Å²) in [4.78, 5) is 13.0. The molecule has 0 aliphatic heterocycles. The molecule has 10 heteroatoms. The van der Waals surface area contributed by atoms with Crippen molar-refractivity contribution in [2.75, 3.05) is 16.2 Å². The Morgan fingerprint density at radius 2 is 1.62 bits per heavy atom. The van der Waals surface area contributed by atoms with Gasteiger partial charge in [-0.2, -0.15) is 0 Å². The van der Waals surface area contributed by atoms with E-state index in [-0.39, 0.29) is 10.0 Å². The SMILES string of the molecule is Cc1cc(C)cc(N(CC(=O)Nc2nnc(-c3ccc(Cl)cc3)s2)S(=O)(=O)c2ccccc2)c1. The number of benzene rings is 3. The maximum Gasteiger partial charge on any atom is 0.264 e. The summed E-state index contributed by atoms with van der Waals surface area (Å²) in [6, 6.07) is 20.6. The molecule has 1 aromatic heterocycles. The highest BCUT2D eigenvalue weighted by molar-refractivity contribution is 7.92. The Kier molecular flexibility index (Phi) is 6.97. The first kappa shape index (κ1) is 23.9. The summed E-state index contributed by atoms with van der Waals surface area (Å²) in [6.45, 7) is 3.34. The fourth-order valence-electron chi connectivity index (χ4n) is 3.40. The number of hydrogen-bond donors (Lipinski definition) is 1. The van der Waals surface area contributed by atoms with Gasteiger partial charge in [0.1, 0.15) is 11.6 Å². The van der Waals surface area contributed by atoms with Crippen LogP contribution in [0.15, 0.2) is 77.7 Å². The van der Waals surface area contributed by atoms with E-state index in [1.165, 1.54) is 23.5 Å². The molecule has 0 spiro atoms. The summed E-state index contributed by atoms with van der Waals surface area (Å²) < 4.78 is 28.0. The second-order valence-corrected chi connectivity index (χ2v) is 10.9. The predicted octanol–water partition coefficient (Wildman–Crippen LogP) is 5.31. The number of aromatic nitrogens is 2. The zero-order valence-electron chi connectivity index (χ0n) is 18.4.